The molecule has 0 aliphatic carbocycles. The van der Waals surface area contributed by atoms with Crippen molar-refractivity contribution in [3.63, 3.8) is 0 Å². The standard InChI is InChI=1S/C13H15BrN2/c1-13(2,3)15-8-10-9-6-4-5-7-11(9)16-12(10)14/h4-8,16H,1-3H3. The van der Waals surface area contributed by atoms with Gasteiger partial charge in [0, 0.05) is 22.7 Å². The van der Waals surface area contributed by atoms with E-state index in [1.807, 2.05) is 18.3 Å². The van der Waals surface area contributed by atoms with Crippen LogP contribution in [0.5, 0.6) is 0 Å². The summed E-state index contributed by atoms with van der Waals surface area (Å²) < 4.78 is 0.988. The molecule has 1 N–H and O–H groups in total. The van der Waals surface area contributed by atoms with Crippen LogP contribution in [0.1, 0.15) is 26.3 Å². The number of benzene rings is 1. The van der Waals surface area contributed by atoms with E-state index in [2.05, 4.69) is 58.8 Å². The van der Waals surface area contributed by atoms with Gasteiger partial charge in [0.05, 0.1) is 10.1 Å². The van der Waals surface area contributed by atoms with Gasteiger partial charge >= 0.3 is 0 Å². The predicted octanol–water partition coefficient (Wildman–Crippen LogP) is 4.15. The number of para-hydroxylation sites is 1. The topological polar surface area (TPSA) is 28.1 Å². The van der Waals surface area contributed by atoms with E-state index in [9.17, 15) is 0 Å². The lowest BCUT2D eigenvalue weighted by Crippen LogP contribution is -2.09. The fourth-order valence-corrected chi connectivity index (χ4v) is 2.04. The Kier molecular flexibility index (Phi) is 2.89. The summed E-state index contributed by atoms with van der Waals surface area (Å²) in [5, 5.41) is 1.20. The molecule has 0 saturated heterocycles. The molecule has 0 saturated carbocycles. The third-order valence-corrected chi connectivity index (χ3v) is 2.90. The lowest BCUT2D eigenvalue weighted by Gasteiger charge is -2.10. The quantitative estimate of drug-likeness (QED) is 0.760. The Morgan fingerprint density at radius 1 is 1.25 bits per heavy atom. The Hall–Kier alpha value is -1.09. The number of aromatic amines is 1. The average Bonchev–Trinajstić information content (AvgIpc) is 2.49. The molecule has 0 fully saturated rings. The van der Waals surface area contributed by atoms with E-state index >= 15 is 0 Å². The summed E-state index contributed by atoms with van der Waals surface area (Å²) >= 11 is 3.53. The number of halogens is 1. The van der Waals surface area contributed by atoms with Crippen LogP contribution in [0, 0.1) is 0 Å². The summed E-state index contributed by atoms with van der Waals surface area (Å²) in [6, 6.07) is 8.22. The van der Waals surface area contributed by atoms with Crippen molar-refractivity contribution >= 4 is 33.0 Å². The molecule has 0 aliphatic heterocycles. The van der Waals surface area contributed by atoms with Gasteiger partial charge in [-0.2, -0.15) is 0 Å². The van der Waals surface area contributed by atoms with Gasteiger partial charge < -0.3 is 4.98 Å². The van der Waals surface area contributed by atoms with Gasteiger partial charge in [0.2, 0.25) is 0 Å². The van der Waals surface area contributed by atoms with Crippen molar-refractivity contribution in [3.05, 3.63) is 34.4 Å². The Bertz CT molecular complexity index is 532. The molecule has 0 atom stereocenters. The van der Waals surface area contributed by atoms with Crippen LogP contribution in [0.2, 0.25) is 0 Å². The molecule has 16 heavy (non-hydrogen) atoms. The Labute approximate surface area is 104 Å². The maximum atomic E-state index is 4.53. The fourth-order valence-electron chi connectivity index (χ4n) is 1.52. The van der Waals surface area contributed by atoms with Crippen LogP contribution in [0.3, 0.4) is 0 Å². The molecule has 1 aromatic heterocycles. The molecule has 2 nitrogen and oxygen atoms in total. The van der Waals surface area contributed by atoms with Gasteiger partial charge in [-0.05, 0) is 42.8 Å². The zero-order valence-electron chi connectivity index (χ0n) is 9.71. The Morgan fingerprint density at radius 2 is 1.94 bits per heavy atom. The van der Waals surface area contributed by atoms with Gasteiger partial charge in [-0.15, -0.1) is 0 Å². The molecule has 3 heteroatoms. The highest BCUT2D eigenvalue weighted by atomic mass is 79.9. The molecule has 0 amide bonds. The van der Waals surface area contributed by atoms with Crippen LogP contribution >= 0.6 is 15.9 Å². The highest BCUT2D eigenvalue weighted by Crippen LogP contribution is 2.25. The summed E-state index contributed by atoms with van der Waals surface area (Å²) in [5.41, 5.74) is 2.20. The molecule has 84 valence electrons. The first-order valence-electron chi connectivity index (χ1n) is 5.29. The summed E-state index contributed by atoms with van der Waals surface area (Å²) in [6.07, 6.45) is 1.93. The van der Waals surface area contributed by atoms with E-state index in [-0.39, 0.29) is 5.54 Å². The zero-order valence-corrected chi connectivity index (χ0v) is 11.3. The van der Waals surface area contributed by atoms with Crippen molar-refractivity contribution < 1.29 is 0 Å². The molecule has 1 heterocycles. The van der Waals surface area contributed by atoms with Crippen molar-refractivity contribution in [2.24, 2.45) is 4.99 Å². The molecule has 0 radical (unpaired) electrons. The van der Waals surface area contributed by atoms with E-state index in [1.165, 1.54) is 5.39 Å². The number of H-pyrrole nitrogens is 1. The minimum Gasteiger partial charge on any atom is -0.349 e. The van der Waals surface area contributed by atoms with Gasteiger partial charge in [0.25, 0.3) is 0 Å². The highest BCUT2D eigenvalue weighted by Gasteiger charge is 2.09. The second-order valence-electron chi connectivity index (χ2n) is 4.83. The second-order valence-corrected chi connectivity index (χ2v) is 5.62. The highest BCUT2D eigenvalue weighted by molar-refractivity contribution is 9.10. The minimum absolute atomic E-state index is 0.0438. The van der Waals surface area contributed by atoms with Gasteiger partial charge in [0.1, 0.15) is 0 Å². The van der Waals surface area contributed by atoms with Gasteiger partial charge in [-0.25, -0.2) is 0 Å². The van der Waals surface area contributed by atoms with E-state index in [0.717, 1.165) is 15.7 Å². The van der Waals surface area contributed by atoms with E-state index in [0.29, 0.717) is 0 Å². The third kappa shape index (κ3) is 2.35. The first-order valence-corrected chi connectivity index (χ1v) is 6.08. The largest absolute Gasteiger partial charge is 0.349 e. The van der Waals surface area contributed by atoms with Crippen molar-refractivity contribution in [2.75, 3.05) is 0 Å². The number of nitrogens with zero attached hydrogens (tertiary/aromatic N) is 1. The second kappa shape index (κ2) is 4.06. The predicted molar refractivity (Wildman–Crippen MR) is 73.3 cm³/mol. The van der Waals surface area contributed by atoms with Gasteiger partial charge in [-0.1, -0.05) is 18.2 Å². The molecule has 1 aromatic carbocycles. The fraction of sp³-hybridized carbons (Fsp3) is 0.308. The summed E-state index contributed by atoms with van der Waals surface area (Å²) in [7, 11) is 0. The van der Waals surface area contributed by atoms with Crippen LogP contribution in [0.25, 0.3) is 10.9 Å². The number of nitrogens with one attached hydrogen (secondary N) is 1. The van der Waals surface area contributed by atoms with Crippen LogP contribution in [-0.2, 0) is 0 Å². The maximum Gasteiger partial charge on any atom is 0.0919 e. The Morgan fingerprint density at radius 3 is 2.62 bits per heavy atom. The molecular weight excluding hydrogens is 264 g/mol. The van der Waals surface area contributed by atoms with Crippen LogP contribution < -0.4 is 0 Å². The van der Waals surface area contributed by atoms with Crippen molar-refractivity contribution in [3.8, 4) is 0 Å². The summed E-state index contributed by atoms with van der Waals surface area (Å²) in [4.78, 5) is 7.82. The van der Waals surface area contributed by atoms with Crippen molar-refractivity contribution in [2.45, 2.75) is 26.3 Å². The number of aromatic nitrogens is 1. The van der Waals surface area contributed by atoms with Crippen molar-refractivity contribution in [1.82, 2.24) is 4.98 Å². The maximum absolute atomic E-state index is 4.53. The molecular formula is C13H15BrN2. The number of fused-ring (bicyclic) bond motifs is 1. The van der Waals surface area contributed by atoms with Crippen LogP contribution in [0.15, 0.2) is 33.9 Å². The Balaban J connectivity index is 2.52. The smallest absolute Gasteiger partial charge is 0.0919 e. The minimum atomic E-state index is -0.0438. The molecule has 2 aromatic rings. The molecule has 0 bridgehead atoms. The molecule has 2 rings (SSSR count). The van der Waals surface area contributed by atoms with Gasteiger partial charge in [0.15, 0.2) is 0 Å². The average molecular weight is 279 g/mol. The van der Waals surface area contributed by atoms with Crippen LogP contribution in [0.4, 0.5) is 0 Å². The lowest BCUT2D eigenvalue weighted by molar-refractivity contribution is 0.587. The number of hydrogen-bond acceptors (Lipinski definition) is 1. The lowest BCUT2D eigenvalue weighted by atomic mass is 10.1. The monoisotopic (exact) mass is 278 g/mol. The van der Waals surface area contributed by atoms with E-state index in [1.54, 1.807) is 0 Å². The molecule has 0 aliphatic rings. The first kappa shape index (κ1) is 11.4. The third-order valence-electron chi connectivity index (χ3n) is 2.28. The first-order chi connectivity index (χ1) is 7.47. The summed E-state index contributed by atoms with van der Waals surface area (Å²) in [5.74, 6) is 0. The van der Waals surface area contributed by atoms with Gasteiger partial charge in [-0.3, -0.25) is 4.99 Å². The van der Waals surface area contributed by atoms with E-state index in [4.69, 9.17) is 0 Å². The van der Waals surface area contributed by atoms with Crippen LogP contribution in [-0.4, -0.2) is 16.7 Å². The van der Waals surface area contributed by atoms with Crippen molar-refractivity contribution in [1.29, 1.82) is 0 Å². The number of rotatable bonds is 1. The summed E-state index contributed by atoms with van der Waals surface area (Å²) in [6.45, 7) is 6.27. The molecule has 0 unspecified atom stereocenters. The van der Waals surface area contributed by atoms with E-state index < -0.39 is 0 Å². The zero-order chi connectivity index (χ0) is 11.8. The number of hydrogen-bond donors (Lipinski definition) is 1. The molecule has 0 spiro atoms. The number of aliphatic imine (C=N–C) groups is 1. The normalized spacial score (nSPS) is 12.8. The SMILES string of the molecule is CC(C)(C)N=Cc1c(Br)[nH]c2ccccc12.